The van der Waals surface area contributed by atoms with E-state index in [0.717, 1.165) is 43.4 Å². The van der Waals surface area contributed by atoms with Gasteiger partial charge in [-0.3, -0.25) is 4.79 Å². The average Bonchev–Trinajstić information content (AvgIpc) is 2.97. The molecule has 1 fully saturated rings. The number of amides is 1. The molecule has 2 aliphatic heterocycles. The number of sulfonamides is 1. The molecule has 0 spiro atoms. The number of ether oxygens (including phenoxy) is 1. The number of fused-ring (bicyclic) bond motifs is 1. The highest BCUT2D eigenvalue weighted by Crippen LogP contribution is 2.36. The number of hydrogen-bond donors (Lipinski definition) is 1. The molecule has 3 rings (SSSR count). The molecule has 24 heavy (non-hydrogen) atoms. The molecule has 0 unspecified atom stereocenters. The number of carbonyl (C=O) groups is 1. The Morgan fingerprint density at radius 1 is 1.33 bits per heavy atom. The minimum atomic E-state index is -3.19. The summed E-state index contributed by atoms with van der Waals surface area (Å²) in [4.78, 5) is 15.0. The molecule has 7 heteroatoms. The van der Waals surface area contributed by atoms with Crippen LogP contribution in [0.4, 0.5) is 0 Å². The molecule has 1 N–H and O–H groups in total. The van der Waals surface area contributed by atoms with Crippen molar-refractivity contribution < 1.29 is 17.9 Å². The van der Waals surface area contributed by atoms with Crippen LogP contribution in [0.15, 0.2) is 24.3 Å². The smallest absolute Gasteiger partial charge is 0.233 e. The number of nitrogens with one attached hydrogen (secondary N) is 1. The molecular weight excluding hydrogens is 328 g/mol. The molecular formula is C17H24N2O4S. The van der Waals surface area contributed by atoms with Crippen molar-refractivity contribution in [3.63, 3.8) is 0 Å². The van der Waals surface area contributed by atoms with Gasteiger partial charge in [-0.2, -0.15) is 0 Å². The predicted molar refractivity (Wildman–Crippen MR) is 91.5 cm³/mol. The van der Waals surface area contributed by atoms with Gasteiger partial charge in [-0.1, -0.05) is 18.2 Å². The number of para-hydroxylation sites is 1. The molecule has 0 saturated carbocycles. The molecule has 1 saturated heterocycles. The molecule has 6 nitrogen and oxygen atoms in total. The largest absolute Gasteiger partial charge is 0.492 e. The number of nitrogens with zero attached hydrogens (tertiary/aromatic N) is 1. The summed E-state index contributed by atoms with van der Waals surface area (Å²) in [5, 5.41) is 0. The van der Waals surface area contributed by atoms with Gasteiger partial charge in [0.25, 0.3) is 0 Å². The van der Waals surface area contributed by atoms with E-state index in [-0.39, 0.29) is 17.9 Å². The zero-order valence-electron chi connectivity index (χ0n) is 13.9. The van der Waals surface area contributed by atoms with Crippen molar-refractivity contribution in [2.75, 3.05) is 26.0 Å². The molecule has 2 atom stereocenters. The Balaban J connectivity index is 1.68. The van der Waals surface area contributed by atoms with Crippen LogP contribution in [0.1, 0.15) is 37.2 Å². The van der Waals surface area contributed by atoms with E-state index in [2.05, 4.69) is 4.72 Å². The van der Waals surface area contributed by atoms with Crippen molar-refractivity contribution in [2.45, 2.75) is 37.6 Å². The number of hydrogen-bond acceptors (Lipinski definition) is 4. The van der Waals surface area contributed by atoms with Crippen LogP contribution in [-0.4, -0.2) is 51.2 Å². The van der Waals surface area contributed by atoms with E-state index in [1.54, 1.807) is 0 Å². The average molecular weight is 352 g/mol. The molecule has 2 heterocycles. The van der Waals surface area contributed by atoms with Gasteiger partial charge in [0, 0.05) is 24.7 Å². The van der Waals surface area contributed by atoms with E-state index in [1.807, 2.05) is 29.2 Å². The second kappa shape index (κ2) is 7.11. The monoisotopic (exact) mass is 352 g/mol. The Hall–Kier alpha value is -1.60. The van der Waals surface area contributed by atoms with Gasteiger partial charge in [-0.15, -0.1) is 0 Å². The minimum Gasteiger partial charge on any atom is -0.492 e. The first-order valence-corrected chi connectivity index (χ1v) is 10.3. The third-order valence-electron chi connectivity index (χ3n) is 4.75. The van der Waals surface area contributed by atoms with Crippen molar-refractivity contribution in [3.8, 4) is 5.75 Å². The van der Waals surface area contributed by atoms with Crippen molar-refractivity contribution in [3.05, 3.63) is 29.8 Å². The van der Waals surface area contributed by atoms with Crippen LogP contribution in [-0.2, 0) is 14.8 Å². The summed E-state index contributed by atoms with van der Waals surface area (Å²) < 4.78 is 30.6. The van der Waals surface area contributed by atoms with Gasteiger partial charge < -0.3 is 9.64 Å². The van der Waals surface area contributed by atoms with Gasteiger partial charge in [-0.25, -0.2) is 13.1 Å². The number of likely N-dealkylation sites (tertiary alicyclic amines) is 1. The number of rotatable bonds is 5. The van der Waals surface area contributed by atoms with Crippen LogP contribution >= 0.6 is 0 Å². The standard InChI is InChI=1S/C17H24N2O4S/c1-24(21,22)18-10-9-13-6-4-5-11-19(13)17(20)15-12-23-16-8-3-2-7-14(15)16/h2-3,7-8,13,15,18H,4-6,9-12H2,1H3/t13-,15+/m0/s1. The van der Waals surface area contributed by atoms with Crippen molar-refractivity contribution in [1.29, 1.82) is 0 Å². The van der Waals surface area contributed by atoms with E-state index < -0.39 is 10.0 Å². The van der Waals surface area contributed by atoms with Crippen molar-refractivity contribution >= 4 is 15.9 Å². The van der Waals surface area contributed by atoms with E-state index in [1.165, 1.54) is 0 Å². The van der Waals surface area contributed by atoms with Crippen molar-refractivity contribution in [2.24, 2.45) is 0 Å². The molecule has 1 aromatic carbocycles. The lowest BCUT2D eigenvalue weighted by atomic mass is 9.94. The second-order valence-corrected chi connectivity index (χ2v) is 8.37. The van der Waals surface area contributed by atoms with Crippen LogP contribution in [0.25, 0.3) is 0 Å². The molecule has 0 aromatic heterocycles. The number of carbonyl (C=O) groups excluding carboxylic acids is 1. The summed E-state index contributed by atoms with van der Waals surface area (Å²) in [5.74, 6) is 0.650. The molecule has 1 amide bonds. The zero-order valence-corrected chi connectivity index (χ0v) is 14.7. The third kappa shape index (κ3) is 3.89. The van der Waals surface area contributed by atoms with E-state index in [9.17, 15) is 13.2 Å². The van der Waals surface area contributed by atoms with Gasteiger partial charge in [0.1, 0.15) is 18.3 Å². The van der Waals surface area contributed by atoms with Crippen LogP contribution in [0.3, 0.4) is 0 Å². The van der Waals surface area contributed by atoms with Gasteiger partial charge in [-0.05, 0) is 31.7 Å². The summed E-state index contributed by atoms with van der Waals surface area (Å²) in [6.07, 6.45) is 4.80. The van der Waals surface area contributed by atoms with Crippen molar-refractivity contribution in [1.82, 2.24) is 9.62 Å². The lowest BCUT2D eigenvalue weighted by Crippen LogP contribution is -2.47. The van der Waals surface area contributed by atoms with E-state index >= 15 is 0 Å². The maximum Gasteiger partial charge on any atom is 0.233 e. The summed E-state index contributed by atoms with van der Waals surface area (Å²) >= 11 is 0. The zero-order chi connectivity index (χ0) is 17.2. The highest BCUT2D eigenvalue weighted by molar-refractivity contribution is 7.88. The lowest BCUT2D eigenvalue weighted by Gasteiger charge is -2.37. The molecule has 0 radical (unpaired) electrons. The number of piperidine rings is 1. The normalized spacial score (nSPS) is 23.6. The molecule has 1 aromatic rings. The lowest BCUT2D eigenvalue weighted by molar-refractivity contribution is -0.136. The van der Waals surface area contributed by atoms with Crippen LogP contribution < -0.4 is 9.46 Å². The SMILES string of the molecule is CS(=O)(=O)NCC[C@@H]1CCCCN1C(=O)[C@@H]1COc2ccccc21. The first-order chi connectivity index (χ1) is 11.5. The van der Waals surface area contributed by atoms with Gasteiger partial charge >= 0.3 is 0 Å². The number of benzene rings is 1. The first-order valence-electron chi connectivity index (χ1n) is 8.42. The Morgan fingerprint density at radius 2 is 2.12 bits per heavy atom. The molecule has 2 aliphatic rings. The Kier molecular flexibility index (Phi) is 5.10. The third-order valence-corrected chi connectivity index (χ3v) is 5.48. The maximum atomic E-state index is 13.0. The fourth-order valence-electron chi connectivity index (χ4n) is 3.57. The van der Waals surface area contributed by atoms with Crippen LogP contribution in [0, 0.1) is 0 Å². The second-order valence-electron chi connectivity index (χ2n) is 6.54. The quantitative estimate of drug-likeness (QED) is 0.871. The van der Waals surface area contributed by atoms with E-state index in [4.69, 9.17) is 4.74 Å². The molecule has 132 valence electrons. The predicted octanol–water partition coefficient (Wildman–Crippen LogP) is 1.48. The Labute approximate surface area is 143 Å². The fraction of sp³-hybridized carbons (Fsp3) is 0.588. The fourth-order valence-corrected chi connectivity index (χ4v) is 4.06. The van der Waals surface area contributed by atoms with Gasteiger partial charge in [0.15, 0.2) is 0 Å². The topological polar surface area (TPSA) is 75.7 Å². The maximum absolute atomic E-state index is 13.0. The highest BCUT2D eigenvalue weighted by Gasteiger charge is 2.36. The molecule has 0 aliphatic carbocycles. The van der Waals surface area contributed by atoms with Crippen LogP contribution in [0.5, 0.6) is 5.75 Å². The Morgan fingerprint density at radius 3 is 2.92 bits per heavy atom. The summed E-state index contributed by atoms with van der Waals surface area (Å²) in [7, 11) is -3.19. The van der Waals surface area contributed by atoms with E-state index in [0.29, 0.717) is 19.6 Å². The van der Waals surface area contributed by atoms with Crippen LogP contribution in [0.2, 0.25) is 0 Å². The minimum absolute atomic E-state index is 0.0910. The summed E-state index contributed by atoms with van der Waals surface area (Å²) in [6.45, 7) is 1.50. The molecule has 0 bridgehead atoms. The highest BCUT2D eigenvalue weighted by atomic mass is 32.2. The first kappa shape index (κ1) is 17.2. The van der Waals surface area contributed by atoms with Gasteiger partial charge in [0.2, 0.25) is 15.9 Å². The van der Waals surface area contributed by atoms with Gasteiger partial charge in [0.05, 0.1) is 6.26 Å². The Bertz CT molecular complexity index is 704. The summed E-state index contributed by atoms with van der Waals surface area (Å²) in [6, 6.07) is 7.78. The summed E-state index contributed by atoms with van der Waals surface area (Å²) in [5.41, 5.74) is 0.959.